The molecule has 0 radical (unpaired) electrons. The van der Waals surface area contributed by atoms with E-state index in [0.717, 1.165) is 2.49 Å². The molecule has 0 saturated heterocycles. The maximum atomic E-state index is 11.0. The molecule has 58 valence electrons. The Bertz CT molecular complexity index is 165. The molecule has 0 fully saturated rings. The Morgan fingerprint density at radius 2 is 2.10 bits per heavy atom. The Kier molecular flexibility index (Phi) is 6.42. The smallest absolute Gasteiger partial charge is 0.259 e. The summed E-state index contributed by atoms with van der Waals surface area (Å²) in [6, 6.07) is 0. The van der Waals surface area contributed by atoms with Gasteiger partial charge in [0.2, 0.25) is 0 Å². The first-order valence-electron chi connectivity index (χ1n) is 2.58. The number of hydrogen-bond donors (Lipinski definition) is 1. The molecule has 0 aromatic carbocycles. The molecule has 0 rings (SSSR count). The van der Waals surface area contributed by atoms with Gasteiger partial charge in [-0.1, -0.05) is 0 Å². The first-order valence-corrected chi connectivity index (χ1v) is 5.53. The van der Waals surface area contributed by atoms with E-state index in [0.29, 0.717) is 10.1 Å². The maximum Gasteiger partial charge on any atom is 0.259 e. The van der Waals surface area contributed by atoms with Crippen LogP contribution in [0, 0.1) is 0 Å². The molecule has 1 amide bonds. The van der Waals surface area contributed by atoms with Crippen LogP contribution in [0.4, 0.5) is 0 Å². The van der Waals surface area contributed by atoms with E-state index in [-0.39, 0.29) is 5.91 Å². The summed E-state index contributed by atoms with van der Waals surface area (Å²) in [5.41, 5.74) is 0. The van der Waals surface area contributed by atoms with Crippen LogP contribution in [-0.2, 0) is 4.79 Å². The van der Waals surface area contributed by atoms with Gasteiger partial charge in [-0.2, -0.15) is 0 Å². The van der Waals surface area contributed by atoms with E-state index in [2.05, 4.69) is 43.8 Å². The zero-order valence-corrected chi connectivity index (χ0v) is 11.2. The normalized spacial score (nSPS) is 12.4. The summed E-state index contributed by atoms with van der Waals surface area (Å²) in [7, 11) is 0. The number of hydrogen-bond acceptors (Lipinski definition) is 1. The molecule has 0 heterocycles. The molecule has 0 spiro atoms. The SMILES string of the molecule is CCNC(=O)/C(I)=C(/Br)I. The molecule has 2 nitrogen and oxygen atoms in total. The van der Waals surface area contributed by atoms with Crippen molar-refractivity contribution in [2.45, 2.75) is 6.92 Å². The van der Waals surface area contributed by atoms with Gasteiger partial charge < -0.3 is 5.32 Å². The number of likely N-dealkylation sites (N-methyl/N-ethyl adjacent to an activating group) is 1. The molecular formula is C5H6BrI2NO. The van der Waals surface area contributed by atoms with Gasteiger partial charge in [0.15, 0.2) is 0 Å². The van der Waals surface area contributed by atoms with Crippen LogP contribution in [0.3, 0.4) is 0 Å². The van der Waals surface area contributed by atoms with Crippen LogP contribution in [0.25, 0.3) is 0 Å². The molecule has 0 aromatic rings. The van der Waals surface area contributed by atoms with E-state index in [1.165, 1.54) is 0 Å². The molecule has 1 N–H and O–H groups in total. The van der Waals surface area contributed by atoms with E-state index in [1.54, 1.807) is 0 Å². The second-order valence-electron chi connectivity index (χ2n) is 1.43. The molecule has 0 unspecified atom stereocenters. The van der Waals surface area contributed by atoms with Gasteiger partial charge in [-0.15, -0.1) is 0 Å². The quantitative estimate of drug-likeness (QED) is 0.530. The predicted octanol–water partition coefficient (Wildman–Crippen LogP) is 2.56. The highest BCUT2D eigenvalue weighted by molar-refractivity contribution is 14.1. The van der Waals surface area contributed by atoms with Gasteiger partial charge >= 0.3 is 0 Å². The van der Waals surface area contributed by atoms with E-state index < -0.39 is 0 Å². The fraction of sp³-hybridized carbons (Fsp3) is 0.400. The lowest BCUT2D eigenvalue weighted by atomic mass is 10.6. The highest BCUT2D eigenvalue weighted by Crippen LogP contribution is 2.24. The molecule has 0 saturated carbocycles. The Hall–Kier alpha value is 1.15. The molecule has 0 aliphatic rings. The van der Waals surface area contributed by atoms with Gasteiger partial charge in [0.25, 0.3) is 5.91 Å². The topological polar surface area (TPSA) is 29.1 Å². The minimum atomic E-state index is -0.0237. The van der Waals surface area contributed by atoms with Gasteiger partial charge in [0.1, 0.15) is 0 Å². The minimum absolute atomic E-state index is 0.0237. The Labute approximate surface area is 95.6 Å². The predicted molar refractivity (Wildman–Crippen MR) is 62.7 cm³/mol. The summed E-state index contributed by atoms with van der Waals surface area (Å²) in [5.74, 6) is -0.0237. The first-order chi connectivity index (χ1) is 4.59. The fourth-order valence-corrected chi connectivity index (χ4v) is 0.940. The monoisotopic (exact) mass is 429 g/mol. The lowest BCUT2D eigenvalue weighted by Gasteiger charge is -1.99. The third kappa shape index (κ3) is 4.12. The average Bonchev–Trinajstić information content (AvgIpc) is 1.87. The van der Waals surface area contributed by atoms with Gasteiger partial charge in [-0.25, -0.2) is 0 Å². The molecular weight excluding hydrogens is 424 g/mol. The number of carbonyl (C=O) groups is 1. The number of halogens is 3. The van der Waals surface area contributed by atoms with E-state index in [1.807, 2.05) is 29.5 Å². The van der Waals surface area contributed by atoms with Crippen LogP contribution in [0.15, 0.2) is 6.07 Å². The second-order valence-corrected chi connectivity index (χ2v) is 5.87. The number of rotatable bonds is 2. The third-order valence-electron chi connectivity index (χ3n) is 0.703. The highest BCUT2D eigenvalue weighted by atomic mass is 127. The Morgan fingerprint density at radius 3 is 2.40 bits per heavy atom. The van der Waals surface area contributed by atoms with Crippen LogP contribution < -0.4 is 5.32 Å². The first kappa shape index (κ1) is 11.2. The van der Waals surface area contributed by atoms with Crippen LogP contribution in [0.2, 0.25) is 0 Å². The molecule has 0 aliphatic heterocycles. The van der Waals surface area contributed by atoms with Crippen LogP contribution in [0.1, 0.15) is 6.92 Å². The summed E-state index contributed by atoms with van der Waals surface area (Å²) < 4.78 is 1.54. The lowest BCUT2D eigenvalue weighted by Crippen LogP contribution is -2.22. The van der Waals surface area contributed by atoms with Crippen LogP contribution in [0.5, 0.6) is 0 Å². The number of amides is 1. The van der Waals surface area contributed by atoms with Crippen molar-refractivity contribution >= 4 is 67.0 Å². The van der Waals surface area contributed by atoms with Crippen molar-refractivity contribution in [1.82, 2.24) is 5.32 Å². The number of nitrogens with one attached hydrogen (secondary N) is 1. The number of carbonyl (C=O) groups excluding carboxylic acids is 1. The third-order valence-corrected chi connectivity index (χ3v) is 4.44. The Morgan fingerprint density at radius 1 is 1.60 bits per heavy atom. The highest BCUT2D eigenvalue weighted by Gasteiger charge is 2.06. The summed E-state index contributed by atoms with van der Waals surface area (Å²) in [4.78, 5) is 11.0. The van der Waals surface area contributed by atoms with E-state index >= 15 is 0 Å². The Balaban J connectivity index is 4.09. The van der Waals surface area contributed by atoms with Gasteiger partial charge in [0.05, 0.1) is 6.07 Å². The van der Waals surface area contributed by atoms with Gasteiger partial charge in [-0.05, 0) is 68.0 Å². The van der Waals surface area contributed by atoms with Crippen molar-refractivity contribution in [2.24, 2.45) is 0 Å². The van der Waals surface area contributed by atoms with Crippen molar-refractivity contribution in [3.05, 3.63) is 6.07 Å². The minimum Gasteiger partial charge on any atom is -0.352 e. The standard InChI is InChI=1S/C5H6BrI2NO/c1-2-9-5(10)3(7)4(6)8/h2H2,1H3,(H,9,10)/b4-3+. The molecule has 0 aromatic heterocycles. The van der Waals surface area contributed by atoms with Crippen LogP contribution >= 0.6 is 61.1 Å². The van der Waals surface area contributed by atoms with E-state index in [4.69, 9.17) is 0 Å². The largest absolute Gasteiger partial charge is 0.352 e. The summed E-state index contributed by atoms with van der Waals surface area (Å²) in [6.07, 6.45) is 0. The zero-order chi connectivity index (χ0) is 8.15. The van der Waals surface area contributed by atoms with E-state index in [9.17, 15) is 4.79 Å². The molecule has 0 bridgehead atoms. The fourth-order valence-electron chi connectivity index (χ4n) is 0.324. The molecule has 10 heavy (non-hydrogen) atoms. The zero-order valence-electron chi connectivity index (χ0n) is 5.25. The van der Waals surface area contributed by atoms with Crippen molar-refractivity contribution in [3.8, 4) is 0 Å². The van der Waals surface area contributed by atoms with Gasteiger partial charge in [0, 0.05) is 6.54 Å². The van der Waals surface area contributed by atoms with Crippen molar-refractivity contribution in [2.75, 3.05) is 6.54 Å². The second kappa shape index (κ2) is 5.76. The van der Waals surface area contributed by atoms with Crippen LogP contribution in [-0.4, -0.2) is 12.5 Å². The summed E-state index contributed by atoms with van der Waals surface area (Å²) in [6.45, 7) is 2.56. The summed E-state index contributed by atoms with van der Waals surface area (Å²) in [5, 5.41) is 2.69. The van der Waals surface area contributed by atoms with Crippen molar-refractivity contribution in [1.29, 1.82) is 0 Å². The average molecular weight is 430 g/mol. The maximum absolute atomic E-state index is 11.0. The van der Waals surface area contributed by atoms with Crippen molar-refractivity contribution in [3.63, 3.8) is 0 Å². The summed E-state index contributed by atoms with van der Waals surface area (Å²) >= 11 is 7.25. The van der Waals surface area contributed by atoms with Gasteiger partial charge in [-0.3, -0.25) is 4.79 Å². The molecule has 0 atom stereocenters. The molecule has 0 aliphatic carbocycles. The van der Waals surface area contributed by atoms with Crippen molar-refractivity contribution < 1.29 is 4.79 Å². The molecule has 5 heteroatoms. The lowest BCUT2D eigenvalue weighted by molar-refractivity contribution is -0.116.